The minimum Gasteiger partial charge on any atom is -0.240 e. The number of nitrogens with zero attached hydrogens (tertiary/aromatic N) is 2. The molecule has 0 aromatic carbocycles. The minimum atomic E-state index is 0.298. The van der Waals surface area contributed by atoms with Gasteiger partial charge in [-0.3, -0.25) is 0 Å². The lowest BCUT2D eigenvalue weighted by atomic mass is 10.1. The molecule has 0 N–H and O–H groups in total. The van der Waals surface area contributed by atoms with Crippen LogP contribution in [-0.2, 0) is 6.42 Å². The Morgan fingerprint density at radius 3 is 2.83 bits per heavy atom. The molecule has 3 heteroatoms. The van der Waals surface area contributed by atoms with Crippen LogP contribution in [0.3, 0.4) is 0 Å². The van der Waals surface area contributed by atoms with Gasteiger partial charge in [0.25, 0.3) is 0 Å². The maximum Gasteiger partial charge on any atom is 0.147 e. The monoisotopic (exact) mass is 180 g/mol. The van der Waals surface area contributed by atoms with Crippen molar-refractivity contribution in [2.24, 2.45) is 0 Å². The van der Waals surface area contributed by atoms with E-state index in [0.29, 0.717) is 10.7 Å². The maximum atomic E-state index is 8.65. The number of pyridine rings is 1. The standard InChI is InChI=1S/C9H9ClN2/c1-3-7-4-8(5-11)9(10)12-6(7)2/h4H,3H2,1-2H3. The molecule has 0 spiro atoms. The van der Waals surface area contributed by atoms with Gasteiger partial charge in [-0.1, -0.05) is 18.5 Å². The van der Waals surface area contributed by atoms with Crippen molar-refractivity contribution in [1.82, 2.24) is 4.98 Å². The Hall–Kier alpha value is -1.07. The van der Waals surface area contributed by atoms with Crippen LogP contribution in [0.2, 0.25) is 5.15 Å². The van der Waals surface area contributed by atoms with E-state index in [0.717, 1.165) is 17.7 Å². The van der Waals surface area contributed by atoms with Crippen LogP contribution in [0.25, 0.3) is 0 Å². The summed E-state index contributed by atoms with van der Waals surface area (Å²) in [5.41, 5.74) is 2.44. The number of nitriles is 1. The fourth-order valence-electron chi connectivity index (χ4n) is 1.05. The molecule has 62 valence electrons. The summed E-state index contributed by atoms with van der Waals surface area (Å²) < 4.78 is 0. The van der Waals surface area contributed by atoms with Crippen molar-refractivity contribution < 1.29 is 0 Å². The maximum absolute atomic E-state index is 8.65. The summed E-state index contributed by atoms with van der Waals surface area (Å²) in [6.07, 6.45) is 0.880. The SMILES string of the molecule is CCc1cc(C#N)c(Cl)nc1C. The first-order chi connectivity index (χ1) is 5.69. The van der Waals surface area contributed by atoms with E-state index in [1.165, 1.54) is 0 Å². The first kappa shape index (κ1) is 9.02. The summed E-state index contributed by atoms with van der Waals surface area (Å²) in [5, 5.41) is 8.95. The largest absolute Gasteiger partial charge is 0.240 e. The van der Waals surface area contributed by atoms with Crippen LogP contribution < -0.4 is 0 Å². The van der Waals surface area contributed by atoms with Crippen molar-refractivity contribution in [3.8, 4) is 6.07 Å². The van der Waals surface area contributed by atoms with Gasteiger partial charge >= 0.3 is 0 Å². The Labute approximate surface area is 76.8 Å². The van der Waals surface area contributed by atoms with Crippen LogP contribution >= 0.6 is 11.6 Å². The van der Waals surface area contributed by atoms with Gasteiger partial charge in [0.15, 0.2) is 0 Å². The first-order valence-electron chi connectivity index (χ1n) is 3.75. The van der Waals surface area contributed by atoms with Crippen molar-refractivity contribution in [1.29, 1.82) is 5.26 Å². The van der Waals surface area contributed by atoms with Crippen LogP contribution in [0.15, 0.2) is 6.07 Å². The van der Waals surface area contributed by atoms with E-state index in [4.69, 9.17) is 16.9 Å². The molecule has 0 saturated heterocycles. The van der Waals surface area contributed by atoms with E-state index in [1.54, 1.807) is 6.07 Å². The molecule has 0 saturated carbocycles. The molecule has 12 heavy (non-hydrogen) atoms. The van der Waals surface area contributed by atoms with Gasteiger partial charge in [0.05, 0.1) is 5.56 Å². The second-order valence-corrected chi connectivity index (χ2v) is 2.89. The third-order valence-corrected chi connectivity index (χ3v) is 2.06. The Morgan fingerprint density at radius 1 is 1.67 bits per heavy atom. The van der Waals surface area contributed by atoms with E-state index in [-0.39, 0.29) is 0 Å². The van der Waals surface area contributed by atoms with Crippen molar-refractivity contribution in [3.63, 3.8) is 0 Å². The lowest BCUT2D eigenvalue weighted by molar-refractivity contribution is 1.04. The molecule has 2 nitrogen and oxygen atoms in total. The number of rotatable bonds is 1. The molecule has 0 aliphatic carbocycles. The van der Waals surface area contributed by atoms with Gasteiger partial charge in [0, 0.05) is 5.69 Å². The Kier molecular flexibility index (Phi) is 2.67. The summed E-state index contributed by atoms with van der Waals surface area (Å²) in [4.78, 5) is 4.06. The minimum absolute atomic E-state index is 0.298. The molecular formula is C9H9ClN2. The highest BCUT2D eigenvalue weighted by Gasteiger charge is 2.04. The van der Waals surface area contributed by atoms with Gasteiger partial charge in [-0.15, -0.1) is 0 Å². The predicted molar refractivity (Wildman–Crippen MR) is 48.1 cm³/mol. The van der Waals surface area contributed by atoms with Gasteiger partial charge in [0.1, 0.15) is 11.2 Å². The highest BCUT2D eigenvalue weighted by Crippen LogP contribution is 2.16. The smallest absolute Gasteiger partial charge is 0.147 e. The second-order valence-electron chi connectivity index (χ2n) is 2.54. The molecule has 0 fully saturated rings. The Morgan fingerprint density at radius 2 is 2.33 bits per heavy atom. The van der Waals surface area contributed by atoms with E-state index in [2.05, 4.69) is 4.98 Å². The van der Waals surface area contributed by atoms with Gasteiger partial charge < -0.3 is 0 Å². The highest BCUT2D eigenvalue weighted by molar-refractivity contribution is 6.30. The predicted octanol–water partition coefficient (Wildman–Crippen LogP) is 2.48. The lowest BCUT2D eigenvalue weighted by Crippen LogP contribution is -1.93. The lowest BCUT2D eigenvalue weighted by Gasteiger charge is -2.02. The quantitative estimate of drug-likeness (QED) is 0.623. The zero-order chi connectivity index (χ0) is 9.14. The number of hydrogen-bond acceptors (Lipinski definition) is 2. The summed E-state index contributed by atoms with van der Waals surface area (Å²) in [6, 6.07) is 3.80. The summed E-state index contributed by atoms with van der Waals surface area (Å²) >= 11 is 5.72. The van der Waals surface area contributed by atoms with E-state index < -0.39 is 0 Å². The Bertz CT molecular complexity index is 339. The fraction of sp³-hybridized carbons (Fsp3) is 0.333. The molecule has 0 unspecified atom stereocenters. The summed E-state index contributed by atoms with van der Waals surface area (Å²) in [7, 11) is 0. The van der Waals surface area contributed by atoms with Crippen molar-refractivity contribution in [2.75, 3.05) is 0 Å². The third-order valence-electron chi connectivity index (χ3n) is 1.77. The van der Waals surface area contributed by atoms with Crippen LogP contribution in [0.4, 0.5) is 0 Å². The zero-order valence-corrected chi connectivity index (χ0v) is 7.81. The average Bonchev–Trinajstić information content (AvgIpc) is 2.05. The Balaban J connectivity index is 3.30. The molecule has 1 aromatic rings. The molecule has 0 aliphatic rings. The van der Waals surface area contributed by atoms with Crippen LogP contribution in [0.5, 0.6) is 0 Å². The average molecular weight is 181 g/mol. The third kappa shape index (κ3) is 1.57. The molecule has 0 aliphatic heterocycles. The van der Waals surface area contributed by atoms with Gasteiger partial charge in [-0.05, 0) is 25.0 Å². The normalized spacial score (nSPS) is 9.50. The van der Waals surface area contributed by atoms with Crippen LogP contribution in [0, 0.1) is 18.3 Å². The molecule has 1 rings (SSSR count). The number of aryl methyl sites for hydroxylation is 2. The number of aromatic nitrogens is 1. The van der Waals surface area contributed by atoms with Crippen molar-refractivity contribution in [3.05, 3.63) is 28.0 Å². The topological polar surface area (TPSA) is 36.7 Å². The summed E-state index contributed by atoms with van der Waals surface area (Å²) in [6.45, 7) is 3.92. The highest BCUT2D eigenvalue weighted by atomic mass is 35.5. The fourth-order valence-corrected chi connectivity index (χ4v) is 1.28. The molecule has 1 heterocycles. The molecule has 1 aromatic heterocycles. The summed E-state index contributed by atoms with van der Waals surface area (Å²) in [5.74, 6) is 0. The molecular weight excluding hydrogens is 172 g/mol. The van der Waals surface area contributed by atoms with Crippen LogP contribution in [0.1, 0.15) is 23.7 Å². The molecule has 0 amide bonds. The van der Waals surface area contributed by atoms with Crippen LogP contribution in [-0.4, -0.2) is 4.98 Å². The molecule has 0 bridgehead atoms. The van der Waals surface area contributed by atoms with E-state index >= 15 is 0 Å². The number of halogens is 1. The van der Waals surface area contributed by atoms with Crippen molar-refractivity contribution in [2.45, 2.75) is 20.3 Å². The zero-order valence-electron chi connectivity index (χ0n) is 7.06. The molecule has 0 radical (unpaired) electrons. The molecule has 0 atom stereocenters. The van der Waals surface area contributed by atoms with Crippen molar-refractivity contribution >= 4 is 11.6 Å². The van der Waals surface area contributed by atoms with Gasteiger partial charge in [0.2, 0.25) is 0 Å². The van der Waals surface area contributed by atoms with E-state index in [9.17, 15) is 0 Å². The second kappa shape index (κ2) is 3.55. The van der Waals surface area contributed by atoms with Gasteiger partial charge in [-0.25, -0.2) is 4.98 Å². The van der Waals surface area contributed by atoms with E-state index in [1.807, 2.05) is 19.9 Å². The first-order valence-corrected chi connectivity index (χ1v) is 4.13. The number of hydrogen-bond donors (Lipinski definition) is 0. The van der Waals surface area contributed by atoms with Gasteiger partial charge in [-0.2, -0.15) is 5.26 Å².